The van der Waals surface area contributed by atoms with Crippen LogP contribution in [0.5, 0.6) is 0 Å². The monoisotopic (exact) mass is 414 g/mol. The molecule has 0 spiro atoms. The van der Waals surface area contributed by atoms with Gasteiger partial charge in [0, 0.05) is 42.5 Å². The molecule has 1 saturated heterocycles. The first-order valence-electron chi connectivity index (χ1n) is 11.2. The van der Waals surface area contributed by atoms with Gasteiger partial charge in [-0.3, -0.25) is 4.98 Å². The van der Waals surface area contributed by atoms with E-state index in [0.717, 1.165) is 41.2 Å². The predicted molar refractivity (Wildman–Crippen MR) is 126 cm³/mol. The van der Waals surface area contributed by atoms with Crippen molar-refractivity contribution in [3.63, 3.8) is 0 Å². The normalized spacial score (nSPS) is 20.2. The van der Waals surface area contributed by atoms with Crippen molar-refractivity contribution in [2.45, 2.75) is 32.4 Å². The molecule has 0 bridgehead atoms. The van der Waals surface area contributed by atoms with Crippen LogP contribution < -0.4 is 10.6 Å². The summed E-state index contributed by atoms with van der Waals surface area (Å²) >= 11 is 0. The molecule has 31 heavy (non-hydrogen) atoms. The molecule has 0 aliphatic carbocycles. The van der Waals surface area contributed by atoms with Gasteiger partial charge in [-0.1, -0.05) is 18.2 Å². The SMILES string of the molecule is C[C@@H]1C=C(c2ccc3ncccc3c2)c2cnc(NCC3CCN(C)CC3)nc2CN1. The van der Waals surface area contributed by atoms with Crippen LogP contribution in [0.15, 0.2) is 48.8 Å². The number of fused-ring (bicyclic) bond motifs is 2. The number of hydrogen-bond acceptors (Lipinski definition) is 6. The third-order valence-corrected chi connectivity index (χ3v) is 6.47. The highest BCUT2D eigenvalue weighted by Crippen LogP contribution is 2.30. The van der Waals surface area contributed by atoms with E-state index in [0.29, 0.717) is 5.92 Å². The molecule has 0 radical (unpaired) electrons. The number of benzene rings is 1. The molecule has 5 rings (SSSR count). The van der Waals surface area contributed by atoms with E-state index < -0.39 is 0 Å². The number of pyridine rings is 1. The molecule has 160 valence electrons. The van der Waals surface area contributed by atoms with Crippen molar-refractivity contribution in [2.75, 3.05) is 32.0 Å². The molecule has 6 nitrogen and oxygen atoms in total. The standard InChI is InChI=1S/C25H30N6/c1-17-12-21(19-5-6-23-20(13-19)4-3-9-26-23)22-15-29-25(30-24(22)16-27-17)28-14-18-7-10-31(2)11-8-18/h3-6,9,12-13,15,17-18,27H,7-8,10-11,14,16H2,1-2H3,(H,28,29,30)/t17-/m1/s1. The zero-order chi connectivity index (χ0) is 21.2. The Hall–Kier alpha value is -2.83. The summed E-state index contributed by atoms with van der Waals surface area (Å²) in [4.78, 5) is 16.4. The summed E-state index contributed by atoms with van der Waals surface area (Å²) in [5, 5.41) is 8.20. The molecule has 6 heteroatoms. The number of nitrogens with zero attached hydrogens (tertiary/aromatic N) is 4. The third kappa shape index (κ3) is 4.45. The Balaban J connectivity index is 1.40. The van der Waals surface area contributed by atoms with Crippen molar-refractivity contribution in [3.05, 3.63) is 65.6 Å². The number of aromatic nitrogens is 3. The summed E-state index contributed by atoms with van der Waals surface area (Å²) < 4.78 is 0. The molecule has 0 amide bonds. The molecule has 1 atom stereocenters. The molecule has 2 aliphatic heterocycles. The Morgan fingerprint density at radius 2 is 2.03 bits per heavy atom. The quantitative estimate of drug-likeness (QED) is 0.679. The van der Waals surface area contributed by atoms with E-state index in [1.807, 2.05) is 18.5 Å². The summed E-state index contributed by atoms with van der Waals surface area (Å²) in [6, 6.07) is 10.8. The highest BCUT2D eigenvalue weighted by molar-refractivity contribution is 5.88. The molecule has 0 unspecified atom stereocenters. The second-order valence-electron chi connectivity index (χ2n) is 8.84. The number of rotatable bonds is 4. The molecular formula is C25H30N6. The topological polar surface area (TPSA) is 66.0 Å². The second-order valence-corrected chi connectivity index (χ2v) is 8.84. The van der Waals surface area contributed by atoms with Crippen LogP contribution in [-0.4, -0.2) is 52.6 Å². The van der Waals surface area contributed by atoms with Gasteiger partial charge < -0.3 is 15.5 Å². The average molecular weight is 415 g/mol. The molecule has 1 aromatic carbocycles. The van der Waals surface area contributed by atoms with Gasteiger partial charge in [0.15, 0.2) is 0 Å². The number of likely N-dealkylation sites (tertiary alicyclic amines) is 1. The minimum absolute atomic E-state index is 0.254. The second kappa shape index (κ2) is 8.73. The third-order valence-electron chi connectivity index (χ3n) is 6.47. The van der Waals surface area contributed by atoms with Gasteiger partial charge in [-0.25, -0.2) is 9.97 Å². The van der Waals surface area contributed by atoms with Crippen LogP contribution in [0, 0.1) is 5.92 Å². The van der Waals surface area contributed by atoms with Crippen LogP contribution >= 0.6 is 0 Å². The number of hydrogen-bond donors (Lipinski definition) is 2. The first-order valence-corrected chi connectivity index (χ1v) is 11.2. The van der Waals surface area contributed by atoms with E-state index in [9.17, 15) is 0 Å². The summed E-state index contributed by atoms with van der Waals surface area (Å²) in [5.41, 5.74) is 5.51. The van der Waals surface area contributed by atoms with Gasteiger partial charge in [0.05, 0.1) is 11.2 Å². The maximum atomic E-state index is 4.90. The van der Waals surface area contributed by atoms with Gasteiger partial charge in [-0.15, -0.1) is 0 Å². The van der Waals surface area contributed by atoms with Crippen molar-refractivity contribution in [1.29, 1.82) is 0 Å². The van der Waals surface area contributed by atoms with Gasteiger partial charge in [0.1, 0.15) is 0 Å². The van der Waals surface area contributed by atoms with E-state index in [1.165, 1.54) is 37.1 Å². The first kappa shape index (κ1) is 20.1. The fraction of sp³-hybridized carbons (Fsp3) is 0.400. The Kier molecular flexibility index (Phi) is 5.66. The van der Waals surface area contributed by atoms with Crippen molar-refractivity contribution in [1.82, 2.24) is 25.2 Å². The van der Waals surface area contributed by atoms with Crippen molar-refractivity contribution in [2.24, 2.45) is 5.92 Å². The number of anilines is 1. The zero-order valence-electron chi connectivity index (χ0n) is 18.3. The molecule has 2 N–H and O–H groups in total. The Morgan fingerprint density at radius 3 is 2.90 bits per heavy atom. The van der Waals surface area contributed by atoms with E-state index >= 15 is 0 Å². The molecule has 4 heterocycles. The molecule has 1 fully saturated rings. The van der Waals surface area contributed by atoms with Gasteiger partial charge in [-0.05, 0) is 75.2 Å². The number of piperidine rings is 1. The Labute approximate surface area is 183 Å². The highest BCUT2D eigenvalue weighted by atomic mass is 15.1. The van der Waals surface area contributed by atoms with Crippen molar-refractivity contribution in [3.8, 4) is 0 Å². The summed E-state index contributed by atoms with van der Waals surface area (Å²) in [5.74, 6) is 1.43. The van der Waals surface area contributed by atoms with Gasteiger partial charge >= 0.3 is 0 Å². The minimum Gasteiger partial charge on any atom is -0.354 e. The van der Waals surface area contributed by atoms with Crippen LogP contribution in [0.25, 0.3) is 16.5 Å². The first-order chi connectivity index (χ1) is 15.2. The minimum atomic E-state index is 0.254. The predicted octanol–water partition coefficient (Wildman–Crippen LogP) is 3.70. The van der Waals surface area contributed by atoms with Crippen LogP contribution in [-0.2, 0) is 6.54 Å². The van der Waals surface area contributed by atoms with Crippen molar-refractivity contribution >= 4 is 22.4 Å². The largest absolute Gasteiger partial charge is 0.354 e. The van der Waals surface area contributed by atoms with Crippen LogP contribution in [0.1, 0.15) is 36.6 Å². The van der Waals surface area contributed by atoms with E-state index in [1.54, 1.807) is 0 Å². The lowest BCUT2D eigenvalue weighted by molar-refractivity contribution is 0.226. The summed E-state index contributed by atoms with van der Waals surface area (Å²) in [6.45, 7) is 6.21. The highest BCUT2D eigenvalue weighted by Gasteiger charge is 2.20. The maximum absolute atomic E-state index is 4.90. The molecule has 2 aromatic heterocycles. The molecule has 0 saturated carbocycles. The number of nitrogens with one attached hydrogen (secondary N) is 2. The van der Waals surface area contributed by atoms with E-state index in [-0.39, 0.29) is 6.04 Å². The van der Waals surface area contributed by atoms with E-state index in [2.05, 4.69) is 69.8 Å². The Morgan fingerprint density at radius 1 is 1.16 bits per heavy atom. The van der Waals surface area contributed by atoms with Crippen molar-refractivity contribution < 1.29 is 0 Å². The maximum Gasteiger partial charge on any atom is 0.222 e. The lowest BCUT2D eigenvalue weighted by Crippen LogP contribution is -2.33. The average Bonchev–Trinajstić information content (AvgIpc) is 2.97. The van der Waals surface area contributed by atoms with Gasteiger partial charge in [0.25, 0.3) is 0 Å². The molecule has 3 aromatic rings. The van der Waals surface area contributed by atoms with E-state index in [4.69, 9.17) is 4.98 Å². The van der Waals surface area contributed by atoms with Crippen LogP contribution in [0.4, 0.5) is 5.95 Å². The lowest BCUT2D eigenvalue weighted by Gasteiger charge is -2.29. The molecular weight excluding hydrogens is 384 g/mol. The Bertz CT molecular complexity index is 1100. The van der Waals surface area contributed by atoms with Crippen LogP contribution in [0.2, 0.25) is 0 Å². The fourth-order valence-electron chi connectivity index (χ4n) is 4.52. The fourth-order valence-corrected chi connectivity index (χ4v) is 4.52. The van der Waals surface area contributed by atoms with Crippen LogP contribution in [0.3, 0.4) is 0 Å². The van der Waals surface area contributed by atoms with Gasteiger partial charge in [-0.2, -0.15) is 0 Å². The summed E-state index contributed by atoms with van der Waals surface area (Å²) in [6.07, 6.45) is 8.56. The zero-order valence-corrected chi connectivity index (χ0v) is 18.3. The smallest absolute Gasteiger partial charge is 0.222 e. The van der Waals surface area contributed by atoms with Gasteiger partial charge in [0.2, 0.25) is 5.95 Å². The lowest BCUT2D eigenvalue weighted by atomic mass is 9.95. The summed E-state index contributed by atoms with van der Waals surface area (Å²) in [7, 11) is 2.20. The molecule has 2 aliphatic rings.